The smallest absolute Gasteiger partial charge is 0.232 e. The topological polar surface area (TPSA) is 47.0 Å². The molecule has 1 aromatic heterocycles. The lowest BCUT2D eigenvalue weighted by Crippen LogP contribution is -2.16. The van der Waals surface area contributed by atoms with Crippen molar-refractivity contribution in [3.05, 3.63) is 60.1 Å². The van der Waals surface area contributed by atoms with Gasteiger partial charge in [0.25, 0.3) is 0 Å². The van der Waals surface area contributed by atoms with Gasteiger partial charge in [0.05, 0.1) is 11.9 Å². The number of aromatic nitrogens is 2. The van der Waals surface area contributed by atoms with Gasteiger partial charge in [-0.25, -0.2) is 4.98 Å². The number of hydrogen-bond acceptors (Lipinski definition) is 4. The molecule has 21 heavy (non-hydrogen) atoms. The van der Waals surface area contributed by atoms with Crippen molar-refractivity contribution in [2.75, 3.05) is 6.61 Å². The second-order valence-electron chi connectivity index (χ2n) is 5.13. The van der Waals surface area contributed by atoms with Gasteiger partial charge < -0.3 is 10.1 Å². The summed E-state index contributed by atoms with van der Waals surface area (Å²) in [6.07, 6.45) is 9.99. The van der Waals surface area contributed by atoms with Crippen LogP contribution in [0.5, 0.6) is 5.88 Å². The van der Waals surface area contributed by atoms with Gasteiger partial charge in [-0.3, -0.25) is 4.98 Å². The SMILES string of the molecule is C(=Cc1ccccc1)COc1cncc(CNC2CC2)n1. The molecule has 1 heterocycles. The molecular formula is C17H19N3O. The van der Waals surface area contributed by atoms with E-state index in [-0.39, 0.29) is 0 Å². The van der Waals surface area contributed by atoms with Gasteiger partial charge in [0, 0.05) is 18.8 Å². The molecule has 0 aliphatic heterocycles. The zero-order chi connectivity index (χ0) is 14.3. The number of ether oxygens (including phenoxy) is 1. The zero-order valence-corrected chi connectivity index (χ0v) is 11.9. The van der Waals surface area contributed by atoms with Crippen LogP contribution in [0, 0.1) is 0 Å². The Labute approximate surface area is 124 Å². The minimum atomic E-state index is 0.489. The van der Waals surface area contributed by atoms with E-state index >= 15 is 0 Å². The quantitative estimate of drug-likeness (QED) is 0.847. The number of hydrogen-bond donors (Lipinski definition) is 1. The van der Waals surface area contributed by atoms with Crippen LogP contribution in [0.1, 0.15) is 24.1 Å². The maximum Gasteiger partial charge on any atom is 0.232 e. The predicted octanol–water partition coefficient (Wildman–Crippen LogP) is 2.82. The summed E-state index contributed by atoms with van der Waals surface area (Å²) in [5.41, 5.74) is 2.08. The molecule has 0 spiro atoms. The molecule has 1 aliphatic rings. The van der Waals surface area contributed by atoms with Crippen LogP contribution in [0.2, 0.25) is 0 Å². The molecule has 1 saturated carbocycles. The Morgan fingerprint density at radius 1 is 1.19 bits per heavy atom. The molecule has 4 nitrogen and oxygen atoms in total. The molecule has 1 N–H and O–H groups in total. The van der Waals surface area contributed by atoms with Gasteiger partial charge in [0.1, 0.15) is 6.61 Å². The van der Waals surface area contributed by atoms with E-state index in [2.05, 4.69) is 27.4 Å². The van der Waals surface area contributed by atoms with Gasteiger partial charge in [-0.2, -0.15) is 0 Å². The minimum Gasteiger partial charge on any atom is -0.472 e. The third-order valence-electron chi connectivity index (χ3n) is 3.25. The molecule has 2 aromatic rings. The Morgan fingerprint density at radius 3 is 2.86 bits per heavy atom. The van der Waals surface area contributed by atoms with Crippen LogP contribution in [-0.2, 0) is 6.54 Å². The summed E-state index contributed by atoms with van der Waals surface area (Å²) in [6.45, 7) is 1.25. The van der Waals surface area contributed by atoms with E-state index in [1.54, 1.807) is 12.4 Å². The van der Waals surface area contributed by atoms with Gasteiger partial charge in [0.2, 0.25) is 5.88 Å². The first-order valence-electron chi connectivity index (χ1n) is 7.29. The fourth-order valence-corrected chi connectivity index (χ4v) is 1.96. The van der Waals surface area contributed by atoms with E-state index in [4.69, 9.17) is 4.74 Å². The summed E-state index contributed by atoms with van der Waals surface area (Å²) in [7, 11) is 0. The van der Waals surface area contributed by atoms with E-state index < -0.39 is 0 Å². The van der Waals surface area contributed by atoms with Crippen LogP contribution in [-0.4, -0.2) is 22.6 Å². The van der Waals surface area contributed by atoms with Gasteiger partial charge in [-0.05, 0) is 24.5 Å². The molecule has 0 radical (unpaired) electrons. The first-order chi connectivity index (χ1) is 10.4. The Balaban J connectivity index is 1.48. The number of benzene rings is 1. The van der Waals surface area contributed by atoms with Crippen molar-refractivity contribution in [2.24, 2.45) is 0 Å². The molecule has 1 aromatic carbocycles. The molecule has 1 aliphatic carbocycles. The van der Waals surface area contributed by atoms with Crippen molar-refractivity contribution in [3.63, 3.8) is 0 Å². The molecule has 1 fully saturated rings. The fraction of sp³-hybridized carbons (Fsp3) is 0.294. The largest absolute Gasteiger partial charge is 0.472 e. The lowest BCUT2D eigenvalue weighted by molar-refractivity contribution is 0.345. The van der Waals surface area contributed by atoms with Crippen LogP contribution in [0.4, 0.5) is 0 Å². The minimum absolute atomic E-state index is 0.489. The summed E-state index contributed by atoms with van der Waals surface area (Å²) in [4.78, 5) is 8.60. The highest BCUT2D eigenvalue weighted by molar-refractivity contribution is 5.48. The first-order valence-corrected chi connectivity index (χ1v) is 7.29. The zero-order valence-electron chi connectivity index (χ0n) is 11.9. The molecular weight excluding hydrogens is 262 g/mol. The Hall–Kier alpha value is -2.20. The van der Waals surface area contributed by atoms with Crippen LogP contribution in [0.3, 0.4) is 0 Å². The molecule has 4 heteroatoms. The second kappa shape index (κ2) is 6.99. The molecule has 0 unspecified atom stereocenters. The maximum atomic E-state index is 5.60. The van der Waals surface area contributed by atoms with Crippen LogP contribution < -0.4 is 10.1 Å². The highest BCUT2D eigenvalue weighted by Gasteiger charge is 2.20. The third-order valence-corrected chi connectivity index (χ3v) is 3.25. The molecule has 3 rings (SSSR count). The lowest BCUT2D eigenvalue weighted by atomic mass is 10.2. The number of rotatable bonds is 7. The van der Waals surface area contributed by atoms with E-state index in [0.717, 1.165) is 17.8 Å². The summed E-state index contributed by atoms with van der Waals surface area (Å²) in [6, 6.07) is 10.8. The molecule has 108 valence electrons. The average Bonchev–Trinajstić information content (AvgIpc) is 3.35. The van der Waals surface area contributed by atoms with Crippen LogP contribution in [0.15, 0.2) is 48.8 Å². The van der Waals surface area contributed by atoms with Crippen molar-refractivity contribution < 1.29 is 4.74 Å². The molecule has 0 amide bonds. The number of nitrogens with one attached hydrogen (secondary N) is 1. The lowest BCUT2D eigenvalue weighted by Gasteiger charge is -2.05. The predicted molar refractivity (Wildman–Crippen MR) is 82.9 cm³/mol. The standard InChI is InChI=1S/C17H19N3O/c1-2-5-14(6-3-1)7-4-10-21-17-13-18-11-16(20-17)12-19-15-8-9-15/h1-7,11,13,15,19H,8-10,12H2. The Bertz CT molecular complexity index is 594. The summed E-state index contributed by atoms with van der Waals surface area (Å²) < 4.78 is 5.60. The fourth-order valence-electron chi connectivity index (χ4n) is 1.96. The van der Waals surface area contributed by atoms with E-state index in [9.17, 15) is 0 Å². The normalized spacial score (nSPS) is 14.5. The number of nitrogens with zero attached hydrogens (tertiary/aromatic N) is 2. The average molecular weight is 281 g/mol. The highest BCUT2D eigenvalue weighted by atomic mass is 16.5. The van der Waals surface area contributed by atoms with Crippen molar-refractivity contribution in [1.82, 2.24) is 15.3 Å². The van der Waals surface area contributed by atoms with Gasteiger partial charge in [0.15, 0.2) is 0 Å². The van der Waals surface area contributed by atoms with Crippen molar-refractivity contribution in [1.29, 1.82) is 0 Å². The van der Waals surface area contributed by atoms with Gasteiger partial charge >= 0.3 is 0 Å². The molecule has 0 bridgehead atoms. The van der Waals surface area contributed by atoms with Crippen molar-refractivity contribution >= 4 is 6.08 Å². The second-order valence-corrected chi connectivity index (χ2v) is 5.13. The van der Waals surface area contributed by atoms with Gasteiger partial charge in [-0.1, -0.05) is 36.4 Å². The van der Waals surface area contributed by atoms with Crippen molar-refractivity contribution in [3.8, 4) is 5.88 Å². The summed E-state index contributed by atoms with van der Waals surface area (Å²) in [5, 5.41) is 3.42. The van der Waals surface area contributed by atoms with E-state index in [1.165, 1.54) is 12.8 Å². The monoisotopic (exact) mass is 281 g/mol. The summed E-state index contributed by atoms with van der Waals surface area (Å²) >= 11 is 0. The Morgan fingerprint density at radius 2 is 2.05 bits per heavy atom. The van der Waals surface area contributed by atoms with E-state index in [1.807, 2.05) is 30.4 Å². The third kappa shape index (κ3) is 4.68. The maximum absolute atomic E-state index is 5.60. The van der Waals surface area contributed by atoms with Crippen molar-refractivity contribution in [2.45, 2.75) is 25.4 Å². The van der Waals surface area contributed by atoms with Gasteiger partial charge in [-0.15, -0.1) is 0 Å². The molecule has 0 saturated heterocycles. The first kappa shape index (κ1) is 13.8. The summed E-state index contributed by atoms with van der Waals surface area (Å²) in [5.74, 6) is 0.572. The molecule has 0 atom stereocenters. The highest BCUT2D eigenvalue weighted by Crippen LogP contribution is 2.19. The van der Waals surface area contributed by atoms with E-state index in [0.29, 0.717) is 18.5 Å². The van der Waals surface area contributed by atoms with Crippen LogP contribution >= 0.6 is 0 Å². The van der Waals surface area contributed by atoms with Crippen LogP contribution in [0.25, 0.3) is 6.08 Å². The Kier molecular flexibility index (Phi) is 4.59.